The lowest BCUT2D eigenvalue weighted by Crippen LogP contribution is -2.77. The molecule has 3 saturated carbocycles. The third-order valence-electron chi connectivity index (χ3n) is 12.9. The molecule has 4 heterocycles. The number of rotatable bonds is 16. The molecule has 0 radical (unpaired) electrons. The zero-order chi connectivity index (χ0) is 43.4. The van der Waals surface area contributed by atoms with Crippen molar-refractivity contribution < 1.29 is 38.2 Å². The maximum absolute atomic E-state index is 13.3. The van der Waals surface area contributed by atoms with Gasteiger partial charge in [-0.05, 0) is 94.0 Å². The number of nitrogens with one attached hydrogen (secondary N) is 2. The Kier molecular flexibility index (Phi) is 10.8. The Bertz CT molecular complexity index is 2500. The van der Waals surface area contributed by atoms with Crippen molar-refractivity contribution in [2.45, 2.75) is 69.5 Å². The number of imide groups is 2. The maximum atomic E-state index is 13.3. The smallest absolute Gasteiger partial charge is 0.262 e. The van der Waals surface area contributed by atoms with E-state index in [0.717, 1.165) is 71.3 Å². The number of benzene rings is 2. The first-order chi connectivity index (χ1) is 29.2. The van der Waals surface area contributed by atoms with Crippen molar-refractivity contribution in [1.29, 1.82) is 0 Å². The molecule has 4 fully saturated rings. The number of aromatic nitrogens is 2. The number of unbranched alkanes of at least 4 members (excludes halogenated alkanes) is 2. The summed E-state index contributed by atoms with van der Waals surface area (Å²) in [5, 5.41) is 6.66. The van der Waals surface area contributed by atoms with Gasteiger partial charge in [0.1, 0.15) is 29.1 Å². The highest BCUT2D eigenvalue weighted by molar-refractivity contribution is 6.23. The summed E-state index contributed by atoms with van der Waals surface area (Å²) in [6.45, 7) is 1.52. The molecule has 320 valence electrons. The van der Waals surface area contributed by atoms with E-state index in [4.69, 9.17) is 14.2 Å². The molecule has 61 heavy (non-hydrogen) atoms. The number of piperidine rings is 1. The van der Waals surface area contributed by atoms with Crippen LogP contribution in [0.1, 0.15) is 77.6 Å². The molecule has 2 aromatic heterocycles. The van der Waals surface area contributed by atoms with Gasteiger partial charge in [-0.1, -0.05) is 0 Å². The minimum atomic E-state index is -1.02. The second-order valence-corrected chi connectivity index (χ2v) is 17.0. The largest absolute Gasteiger partial charge is 0.496 e. The van der Waals surface area contributed by atoms with Gasteiger partial charge in [0.05, 0.1) is 48.3 Å². The third-order valence-corrected chi connectivity index (χ3v) is 12.9. The number of nitrogens with zero attached hydrogens (tertiary/aromatic N) is 5. The Hall–Kier alpha value is -6.29. The van der Waals surface area contributed by atoms with Crippen LogP contribution in [0.4, 0.5) is 5.82 Å². The molecule has 16 heteroatoms. The van der Waals surface area contributed by atoms with Crippen LogP contribution >= 0.6 is 0 Å². The van der Waals surface area contributed by atoms with Gasteiger partial charge in [0.2, 0.25) is 17.7 Å². The van der Waals surface area contributed by atoms with Crippen molar-refractivity contribution in [3.8, 4) is 28.4 Å². The first-order valence-electron chi connectivity index (χ1n) is 20.6. The summed E-state index contributed by atoms with van der Waals surface area (Å²) in [7, 11) is 10.9. The van der Waals surface area contributed by atoms with Crippen molar-refractivity contribution >= 4 is 46.1 Å². The summed E-state index contributed by atoms with van der Waals surface area (Å²) < 4.78 is 19.4. The van der Waals surface area contributed by atoms with Gasteiger partial charge in [-0.25, -0.2) is 4.98 Å². The first kappa shape index (κ1) is 41.4. The van der Waals surface area contributed by atoms with Crippen molar-refractivity contribution in [1.82, 2.24) is 30.0 Å². The minimum Gasteiger partial charge on any atom is -0.496 e. The number of carbonyl (C=O) groups excluding carboxylic acids is 5. The number of hydrogen-bond acceptors (Lipinski definition) is 12. The number of aryl methyl sites for hydroxylation is 1. The van der Waals surface area contributed by atoms with Crippen LogP contribution in [0.5, 0.6) is 17.2 Å². The second kappa shape index (κ2) is 16.0. The van der Waals surface area contributed by atoms with Crippen molar-refractivity contribution in [2.75, 3.05) is 53.4 Å². The standard InChI is InChI=1S/C45H51N7O9/c1-49(2)37-19-29-31(20-47-37)40(55)50(3)21-32(29)26-16-35(59-5)33(36(17-26)60-6)22-51(4)45-23-44(24-45,25-45)43(58)46-14-8-7-9-15-61-27-10-11-28-30(18-27)42(57)52(41(28)56)34-12-13-38(53)48-39(34)54/h10-11,16-21,34H,7-9,12-15,22-25H2,1-6H3,(H,46,58)(H,48,53,54). The molecule has 5 aliphatic rings. The maximum Gasteiger partial charge on any atom is 0.262 e. The lowest BCUT2D eigenvalue weighted by molar-refractivity contribution is -0.215. The number of anilines is 1. The Morgan fingerprint density at radius 1 is 0.902 bits per heavy atom. The van der Waals surface area contributed by atoms with Gasteiger partial charge in [-0.2, -0.15) is 0 Å². The lowest BCUT2D eigenvalue weighted by atomic mass is 9.38. The molecule has 0 spiro atoms. The molecular formula is C45H51N7O9. The van der Waals surface area contributed by atoms with Crippen LogP contribution in [0.2, 0.25) is 0 Å². The average molecular weight is 834 g/mol. The highest BCUT2D eigenvalue weighted by Crippen LogP contribution is 2.70. The van der Waals surface area contributed by atoms with Crippen molar-refractivity contribution in [3.05, 3.63) is 75.8 Å². The van der Waals surface area contributed by atoms with E-state index < -0.39 is 29.7 Å². The van der Waals surface area contributed by atoms with E-state index in [1.165, 1.54) is 12.1 Å². The lowest BCUT2D eigenvalue weighted by Gasteiger charge is -2.72. The molecular weight excluding hydrogens is 783 g/mol. The summed E-state index contributed by atoms with van der Waals surface area (Å²) in [6, 6.07) is 9.57. The molecule has 4 aromatic rings. The Balaban J connectivity index is 0.809. The van der Waals surface area contributed by atoms with Gasteiger partial charge in [0.15, 0.2) is 0 Å². The van der Waals surface area contributed by atoms with E-state index in [1.54, 1.807) is 38.1 Å². The molecule has 1 saturated heterocycles. The number of hydrogen-bond donors (Lipinski definition) is 2. The van der Waals surface area contributed by atoms with Crippen LogP contribution in [-0.2, 0) is 28.0 Å². The zero-order valence-corrected chi connectivity index (χ0v) is 35.4. The van der Waals surface area contributed by atoms with Crippen LogP contribution in [0.15, 0.2) is 53.6 Å². The summed E-state index contributed by atoms with van der Waals surface area (Å²) >= 11 is 0. The van der Waals surface area contributed by atoms with Gasteiger partial charge in [-0.3, -0.25) is 43.9 Å². The highest BCUT2D eigenvalue weighted by Gasteiger charge is 2.72. The number of methoxy groups -OCH3 is 2. The number of amides is 5. The summed E-state index contributed by atoms with van der Waals surface area (Å²) in [5.74, 6) is 0.428. The van der Waals surface area contributed by atoms with E-state index in [9.17, 15) is 28.8 Å². The second-order valence-electron chi connectivity index (χ2n) is 17.0. The molecule has 2 aliphatic heterocycles. The Morgan fingerprint density at radius 3 is 2.28 bits per heavy atom. The van der Waals surface area contributed by atoms with Gasteiger partial charge >= 0.3 is 0 Å². The van der Waals surface area contributed by atoms with Gasteiger partial charge in [0.25, 0.3) is 17.4 Å². The monoisotopic (exact) mass is 833 g/mol. The molecule has 2 N–H and O–H groups in total. The summed E-state index contributed by atoms with van der Waals surface area (Å²) in [5.41, 5.74) is 2.44. The molecule has 3 aliphatic carbocycles. The molecule has 1 unspecified atom stereocenters. The van der Waals surface area contributed by atoms with Gasteiger partial charge in [0, 0.05) is 69.5 Å². The normalized spacial score (nSPS) is 21.5. The van der Waals surface area contributed by atoms with E-state index >= 15 is 0 Å². The van der Waals surface area contributed by atoms with Crippen LogP contribution in [-0.4, -0.2) is 109 Å². The number of pyridine rings is 2. The molecule has 2 aromatic carbocycles. The fraction of sp³-hybridized carbons (Fsp3) is 0.444. The molecule has 16 nitrogen and oxygen atoms in total. The average Bonchev–Trinajstić information content (AvgIpc) is 3.45. The quantitative estimate of drug-likeness (QED) is 0.123. The summed E-state index contributed by atoms with van der Waals surface area (Å²) in [4.78, 5) is 86.0. The third kappa shape index (κ3) is 7.25. The number of carbonyl (C=O) groups is 5. The molecule has 9 rings (SSSR count). The van der Waals surface area contributed by atoms with E-state index in [0.29, 0.717) is 42.3 Å². The van der Waals surface area contributed by atoms with Crippen molar-refractivity contribution in [3.63, 3.8) is 0 Å². The number of fused-ring (bicyclic) bond motifs is 2. The Labute approximate surface area is 353 Å². The van der Waals surface area contributed by atoms with E-state index in [2.05, 4.69) is 27.6 Å². The molecule has 2 bridgehead atoms. The van der Waals surface area contributed by atoms with E-state index in [1.807, 2.05) is 43.4 Å². The van der Waals surface area contributed by atoms with Crippen LogP contribution in [0.25, 0.3) is 21.9 Å². The highest BCUT2D eigenvalue weighted by atomic mass is 16.5. The molecule has 5 amide bonds. The Morgan fingerprint density at radius 2 is 1.61 bits per heavy atom. The molecule has 1 atom stereocenters. The topological polar surface area (TPSA) is 182 Å². The first-order valence-corrected chi connectivity index (χ1v) is 20.6. The van der Waals surface area contributed by atoms with Crippen LogP contribution < -0.4 is 35.3 Å². The van der Waals surface area contributed by atoms with Crippen molar-refractivity contribution in [2.24, 2.45) is 12.5 Å². The fourth-order valence-corrected chi connectivity index (χ4v) is 9.43. The van der Waals surface area contributed by atoms with Gasteiger partial charge in [-0.15, -0.1) is 0 Å². The summed E-state index contributed by atoms with van der Waals surface area (Å²) in [6.07, 6.45) is 8.30. The van der Waals surface area contributed by atoms with Crippen LogP contribution in [0, 0.1) is 5.41 Å². The number of ether oxygens (including phenoxy) is 3. The minimum absolute atomic E-state index is 0.0592. The van der Waals surface area contributed by atoms with Gasteiger partial charge < -0.3 is 29.0 Å². The predicted octanol–water partition coefficient (Wildman–Crippen LogP) is 3.80. The fourth-order valence-electron chi connectivity index (χ4n) is 9.43. The van der Waals surface area contributed by atoms with Crippen LogP contribution in [0.3, 0.4) is 0 Å². The zero-order valence-electron chi connectivity index (χ0n) is 35.4. The predicted molar refractivity (Wildman–Crippen MR) is 226 cm³/mol. The van der Waals surface area contributed by atoms with E-state index in [-0.39, 0.29) is 46.4 Å². The SMILES string of the molecule is COc1cc(-c2cn(C)c(=O)c3cnc(N(C)C)cc23)cc(OC)c1CN(C)C12CC(C(=O)NCCCCCOc3ccc4c(c3)C(=O)N(C3CCC(=O)NC3=O)C4=O)(C1)C2.